The van der Waals surface area contributed by atoms with Crippen molar-refractivity contribution in [1.82, 2.24) is 4.90 Å². The molecule has 0 aromatic carbocycles. The van der Waals surface area contributed by atoms with Crippen LogP contribution in [0, 0.1) is 0 Å². The van der Waals surface area contributed by atoms with Crippen molar-refractivity contribution in [1.29, 1.82) is 0 Å². The third-order valence-electron chi connectivity index (χ3n) is 2.49. The van der Waals surface area contributed by atoms with E-state index in [2.05, 4.69) is 6.92 Å². The molecule has 0 unspecified atom stereocenters. The molecule has 18 heavy (non-hydrogen) atoms. The first-order valence-corrected chi connectivity index (χ1v) is 6.72. The van der Waals surface area contributed by atoms with Gasteiger partial charge in [0.15, 0.2) is 0 Å². The van der Waals surface area contributed by atoms with Crippen molar-refractivity contribution >= 4 is 11.9 Å². The van der Waals surface area contributed by atoms with E-state index in [-0.39, 0.29) is 24.7 Å². The van der Waals surface area contributed by atoms with Gasteiger partial charge in [-0.1, -0.05) is 19.8 Å². The number of esters is 1. The molecule has 0 radical (unpaired) electrons. The van der Waals surface area contributed by atoms with Crippen LogP contribution in [0.3, 0.4) is 0 Å². The van der Waals surface area contributed by atoms with Gasteiger partial charge in [0.2, 0.25) is 5.91 Å². The van der Waals surface area contributed by atoms with Gasteiger partial charge in [-0.2, -0.15) is 0 Å². The summed E-state index contributed by atoms with van der Waals surface area (Å²) in [4.78, 5) is 24.9. The zero-order valence-corrected chi connectivity index (χ0v) is 12.4. The summed E-state index contributed by atoms with van der Waals surface area (Å²) in [6, 6.07) is 0. The Morgan fingerprint density at radius 2 is 1.72 bits per heavy atom. The van der Waals surface area contributed by atoms with Crippen LogP contribution in [-0.4, -0.2) is 36.0 Å². The lowest BCUT2D eigenvalue weighted by Gasteiger charge is -2.20. The number of unbranched alkanes of at least 4 members (excludes halogenated alkanes) is 2. The Hall–Kier alpha value is -1.06. The molecule has 0 atom stereocenters. The van der Waals surface area contributed by atoms with E-state index in [0.29, 0.717) is 0 Å². The van der Waals surface area contributed by atoms with E-state index in [1.165, 1.54) is 0 Å². The molecule has 4 nitrogen and oxygen atoms in total. The van der Waals surface area contributed by atoms with E-state index in [1.807, 2.05) is 20.8 Å². The summed E-state index contributed by atoms with van der Waals surface area (Å²) in [5.74, 6) is -0.297. The Morgan fingerprint density at radius 3 is 2.22 bits per heavy atom. The Morgan fingerprint density at radius 1 is 1.11 bits per heavy atom. The Labute approximate surface area is 111 Å². The fraction of sp³-hybridized carbons (Fsp3) is 0.857. The van der Waals surface area contributed by atoms with E-state index in [0.717, 1.165) is 25.8 Å². The van der Waals surface area contributed by atoms with Gasteiger partial charge < -0.3 is 9.64 Å². The number of hydrogen-bond acceptors (Lipinski definition) is 3. The molecule has 1 amide bonds. The molecule has 0 fully saturated rings. The van der Waals surface area contributed by atoms with Gasteiger partial charge in [0.25, 0.3) is 0 Å². The van der Waals surface area contributed by atoms with Gasteiger partial charge in [0, 0.05) is 20.0 Å². The molecule has 0 saturated carbocycles. The SMILES string of the molecule is CCCCCN(C)C(=O)CCC(=O)OC(C)(C)C. The van der Waals surface area contributed by atoms with Crippen molar-refractivity contribution in [3.05, 3.63) is 0 Å². The van der Waals surface area contributed by atoms with Crippen molar-refractivity contribution in [2.24, 2.45) is 0 Å². The predicted octanol–water partition coefficient (Wildman–Crippen LogP) is 2.76. The summed E-state index contributed by atoms with van der Waals surface area (Å²) in [6.45, 7) is 8.36. The molecule has 0 bridgehead atoms. The second-order valence-corrected chi connectivity index (χ2v) is 5.61. The first kappa shape index (κ1) is 16.9. The van der Waals surface area contributed by atoms with E-state index < -0.39 is 5.60 Å². The number of nitrogens with zero attached hydrogens (tertiary/aromatic N) is 1. The Kier molecular flexibility index (Phi) is 7.64. The van der Waals surface area contributed by atoms with E-state index in [4.69, 9.17) is 4.74 Å². The molecule has 0 rings (SSSR count). The highest BCUT2D eigenvalue weighted by molar-refractivity contribution is 5.81. The van der Waals surface area contributed by atoms with Crippen LogP contribution >= 0.6 is 0 Å². The smallest absolute Gasteiger partial charge is 0.306 e. The Bertz CT molecular complexity index is 269. The number of carbonyl (C=O) groups is 2. The predicted molar refractivity (Wildman–Crippen MR) is 72.2 cm³/mol. The lowest BCUT2D eigenvalue weighted by atomic mass is 10.2. The van der Waals surface area contributed by atoms with Crippen LogP contribution in [0.1, 0.15) is 59.8 Å². The van der Waals surface area contributed by atoms with Gasteiger partial charge >= 0.3 is 5.97 Å². The van der Waals surface area contributed by atoms with Crippen LogP contribution in [0.25, 0.3) is 0 Å². The fourth-order valence-electron chi connectivity index (χ4n) is 1.52. The molecule has 0 spiro atoms. The van der Waals surface area contributed by atoms with Gasteiger partial charge in [-0.25, -0.2) is 0 Å². The Balaban J connectivity index is 3.85. The number of carbonyl (C=O) groups excluding carboxylic acids is 2. The summed E-state index contributed by atoms with van der Waals surface area (Å²) in [7, 11) is 1.78. The average molecular weight is 257 g/mol. The van der Waals surface area contributed by atoms with Crippen molar-refractivity contribution in [2.75, 3.05) is 13.6 Å². The van der Waals surface area contributed by atoms with Crippen molar-refractivity contribution in [3.63, 3.8) is 0 Å². The minimum absolute atomic E-state index is 0.0111. The number of amides is 1. The van der Waals surface area contributed by atoms with Gasteiger partial charge in [-0.05, 0) is 27.2 Å². The molecule has 4 heteroatoms. The summed E-state index contributed by atoms with van der Waals surface area (Å²) in [6.07, 6.45) is 3.68. The second-order valence-electron chi connectivity index (χ2n) is 5.61. The molecule has 0 aliphatic rings. The van der Waals surface area contributed by atoms with Crippen LogP contribution in [0.15, 0.2) is 0 Å². The van der Waals surface area contributed by atoms with Gasteiger partial charge in [0.05, 0.1) is 6.42 Å². The summed E-state index contributed by atoms with van der Waals surface area (Å²) < 4.78 is 5.16. The lowest BCUT2D eigenvalue weighted by Crippen LogP contribution is -2.29. The molecular formula is C14H27NO3. The molecular weight excluding hydrogens is 230 g/mol. The quantitative estimate of drug-likeness (QED) is 0.520. The standard InChI is InChI=1S/C14H27NO3/c1-6-7-8-11-15(5)12(16)9-10-13(17)18-14(2,3)4/h6-11H2,1-5H3. The molecule has 0 aromatic rings. The minimum atomic E-state index is -0.479. The van der Waals surface area contributed by atoms with Crippen LogP contribution in [0.4, 0.5) is 0 Å². The van der Waals surface area contributed by atoms with Crippen molar-refractivity contribution in [3.8, 4) is 0 Å². The number of rotatable bonds is 7. The fourth-order valence-corrected chi connectivity index (χ4v) is 1.52. The second kappa shape index (κ2) is 8.11. The zero-order valence-electron chi connectivity index (χ0n) is 12.4. The normalized spacial score (nSPS) is 11.2. The third-order valence-corrected chi connectivity index (χ3v) is 2.49. The highest BCUT2D eigenvalue weighted by Crippen LogP contribution is 2.09. The van der Waals surface area contributed by atoms with Gasteiger partial charge in [-0.3, -0.25) is 9.59 Å². The van der Waals surface area contributed by atoms with Gasteiger partial charge in [0.1, 0.15) is 5.60 Å². The maximum atomic E-state index is 11.7. The molecule has 0 aromatic heterocycles. The molecule has 0 heterocycles. The first-order chi connectivity index (χ1) is 8.26. The van der Waals surface area contributed by atoms with Crippen LogP contribution in [-0.2, 0) is 14.3 Å². The van der Waals surface area contributed by atoms with E-state index in [1.54, 1.807) is 11.9 Å². The largest absolute Gasteiger partial charge is 0.460 e. The van der Waals surface area contributed by atoms with E-state index in [9.17, 15) is 9.59 Å². The minimum Gasteiger partial charge on any atom is -0.460 e. The molecule has 0 aliphatic heterocycles. The average Bonchev–Trinajstić information content (AvgIpc) is 2.23. The monoisotopic (exact) mass is 257 g/mol. The van der Waals surface area contributed by atoms with Crippen LogP contribution in [0.2, 0.25) is 0 Å². The highest BCUT2D eigenvalue weighted by atomic mass is 16.6. The number of ether oxygens (including phenoxy) is 1. The topological polar surface area (TPSA) is 46.6 Å². The molecule has 0 N–H and O–H groups in total. The summed E-state index contributed by atoms with van der Waals surface area (Å²) in [5.41, 5.74) is -0.479. The van der Waals surface area contributed by atoms with Crippen LogP contribution in [0.5, 0.6) is 0 Å². The first-order valence-electron chi connectivity index (χ1n) is 6.72. The number of hydrogen-bond donors (Lipinski definition) is 0. The van der Waals surface area contributed by atoms with Gasteiger partial charge in [-0.15, -0.1) is 0 Å². The summed E-state index contributed by atoms with van der Waals surface area (Å²) in [5, 5.41) is 0. The van der Waals surface area contributed by atoms with Crippen molar-refractivity contribution in [2.45, 2.75) is 65.4 Å². The highest BCUT2D eigenvalue weighted by Gasteiger charge is 2.18. The van der Waals surface area contributed by atoms with Crippen LogP contribution < -0.4 is 0 Å². The van der Waals surface area contributed by atoms with E-state index >= 15 is 0 Å². The summed E-state index contributed by atoms with van der Waals surface area (Å²) >= 11 is 0. The van der Waals surface area contributed by atoms with Crippen molar-refractivity contribution < 1.29 is 14.3 Å². The molecule has 0 aliphatic carbocycles. The maximum absolute atomic E-state index is 11.7. The maximum Gasteiger partial charge on any atom is 0.306 e. The molecule has 0 saturated heterocycles. The third kappa shape index (κ3) is 9.02. The zero-order chi connectivity index (χ0) is 14.2. The lowest BCUT2D eigenvalue weighted by molar-refractivity contribution is -0.156. The molecule has 106 valence electrons.